The number of carbonyl (C=O) groups excluding carboxylic acids is 1. The molecule has 1 fully saturated rings. The maximum atomic E-state index is 13.6. The number of nitrogens with one attached hydrogen (secondary N) is 1. The summed E-state index contributed by atoms with van der Waals surface area (Å²) in [4.78, 5) is 17.2. The lowest BCUT2D eigenvalue weighted by Crippen LogP contribution is -2.61. The Morgan fingerprint density at radius 3 is 2.86 bits per heavy atom. The van der Waals surface area contributed by atoms with Gasteiger partial charge in [0, 0.05) is 62.4 Å². The van der Waals surface area contributed by atoms with Crippen LogP contribution < -0.4 is 5.43 Å². The van der Waals surface area contributed by atoms with Crippen molar-refractivity contribution < 1.29 is 17.9 Å². The molecule has 0 saturated carbocycles. The highest BCUT2D eigenvalue weighted by atomic mass is 32.2. The van der Waals surface area contributed by atoms with Crippen LogP contribution in [-0.4, -0.2) is 79.1 Å². The van der Waals surface area contributed by atoms with Gasteiger partial charge in [-0.2, -0.15) is 9.57 Å². The zero-order chi connectivity index (χ0) is 26.3. The maximum absolute atomic E-state index is 13.6. The lowest BCUT2D eigenvalue weighted by molar-refractivity contribution is 0.0420. The molecule has 10 nitrogen and oxygen atoms in total. The molecule has 0 bridgehead atoms. The van der Waals surface area contributed by atoms with Gasteiger partial charge < -0.3 is 14.5 Å². The van der Waals surface area contributed by atoms with E-state index in [1.54, 1.807) is 17.0 Å². The molecular formula is C25H28N6O4S2. The summed E-state index contributed by atoms with van der Waals surface area (Å²) >= 11 is 1.19. The quantitative estimate of drug-likeness (QED) is 0.594. The van der Waals surface area contributed by atoms with Gasteiger partial charge in [-0.15, -0.1) is 17.8 Å². The van der Waals surface area contributed by atoms with Crippen molar-refractivity contribution in [3.05, 3.63) is 41.4 Å². The smallest absolute Gasteiger partial charge is 0.339 e. The molecule has 3 aliphatic heterocycles. The fourth-order valence-corrected chi connectivity index (χ4v) is 7.96. The number of amides is 2. The normalized spacial score (nSPS) is 22.3. The largest absolute Gasteiger partial charge is 0.453 e. The predicted octanol–water partition coefficient (Wildman–Crippen LogP) is 2.67. The summed E-state index contributed by atoms with van der Waals surface area (Å²) < 4.78 is 35.4. The zero-order valence-electron chi connectivity index (χ0n) is 20.7. The van der Waals surface area contributed by atoms with Crippen molar-refractivity contribution >= 4 is 37.5 Å². The summed E-state index contributed by atoms with van der Waals surface area (Å²) in [5, 5.41) is 11.5. The third-order valence-electron chi connectivity index (χ3n) is 7.10. The van der Waals surface area contributed by atoms with Gasteiger partial charge in [0.15, 0.2) is 6.23 Å². The summed E-state index contributed by atoms with van der Waals surface area (Å²) in [6.45, 7) is 2.91. The Morgan fingerprint density at radius 1 is 1.30 bits per heavy atom. The predicted molar refractivity (Wildman–Crippen MR) is 139 cm³/mol. The third-order valence-corrected chi connectivity index (χ3v) is 10.5. The van der Waals surface area contributed by atoms with Crippen LogP contribution >= 0.6 is 11.3 Å². The van der Waals surface area contributed by atoms with Gasteiger partial charge in [0.2, 0.25) is 5.88 Å². The second kappa shape index (κ2) is 9.78. The summed E-state index contributed by atoms with van der Waals surface area (Å²) in [7, 11) is -1.83. The van der Waals surface area contributed by atoms with Crippen LogP contribution in [0.3, 0.4) is 0 Å². The Morgan fingerprint density at radius 2 is 2.11 bits per heavy atom. The molecule has 194 valence electrons. The van der Waals surface area contributed by atoms with E-state index in [9.17, 15) is 18.5 Å². The fourth-order valence-electron chi connectivity index (χ4n) is 4.90. The number of hydrogen-bond donors (Lipinski definition) is 1. The van der Waals surface area contributed by atoms with E-state index in [4.69, 9.17) is 11.2 Å². The van der Waals surface area contributed by atoms with Crippen molar-refractivity contribution in [3.8, 4) is 18.4 Å². The van der Waals surface area contributed by atoms with E-state index in [0.717, 1.165) is 15.8 Å². The SMILES string of the molecule is C#Cc1ccc2cc(S(=O)(=O)N3CCN(C(=O)N4CCC5=C(N4)OC(C)N5C)C(CCC#N)C3)sc2c1. The highest BCUT2D eigenvalue weighted by molar-refractivity contribution is 7.91. The van der Waals surface area contributed by atoms with Crippen LogP contribution in [0.5, 0.6) is 0 Å². The number of fused-ring (bicyclic) bond motifs is 1. The van der Waals surface area contributed by atoms with Crippen LogP contribution in [0.1, 0.15) is 31.7 Å². The summed E-state index contributed by atoms with van der Waals surface area (Å²) in [6, 6.07) is 8.54. The average Bonchev–Trinajstić information content (AvgIpc) is 3.46. The lowest BCUT2D eigenvalue weighted by Gasteiger charge is -2.43. The Kier molecular flexibility index (Phi) is 6.67. The number of benzene rings is 1. The molecule has 1 aromatic carbocycles. The van der Waals surface area contributed by atoms with Gasteiger partial charge >= 0.3 is 6.03 Å². The van der Waals surface area contributed by atoms with Crippen molar-refractivity contribution in [2.75, 3.05) is 33.2 Å². The minimum absolute atomic E-state index is 0.114. The topological polar surface area (TPSA) is 109 Å². The van der Waals surface area contributed by atoms with Crippen LogP contribution in [0.15, 0.2) is 40.1 Å². The molecule has 0 aliphatic carbocycles. The molecule has 12 heteroatoms. The van der Waals surface area contributed by atoms with Crippen molar-refractivity contribution in [1.29, 1.82) is 5.26 Å². The van der Waals surface area contributed by atoms with Crippen molar-refractivity contribution in [3.63, 3.8) is 0 Å². The first kappa shape index (κ1) is 25.2. The molecule has 2 atom stereocenters. The van der Waals surface area contributed by atoms with Crippen molar-refractivity contribution in [2.24, 2.45) is 0 Å². The first-order chi connectivity index (χ1) is 17.7. The number of nitriles is 1. The average molecular weight is 541 g/mol. The second-order valence-electron chi connectivity index (χ2n) is 9.27. The fraction of sp³-hybridized carbons (Fsp3) is 0.440. The minimum atomic E-state index is -3.78. The van der Waals surface area contributed by atoms with Gasteiger partial charge in [-0.1, -0.05) is 12.0 Å². The van der Waals surface area contributed by atoms with Gasteiger partial charge in [0.25, 0.3) is 10.0 Å². The van der Waals surface area contributed by atoms with Crippen molar-refractivity contribution in [1.82, 2.24) is 24.5 Å². The van der Waals surface area contributed by atoms with Gasteiger partial charge in [-0.25, -0.2) is 18.2 Å². The van der Waals surface area contributed by atoms with E-state index in [-0.39, 0.29) is 42.5 Å². The summed E-state index contributed by atoms with van der Waals surface area (Å²) in [5.41, 5.74) is 4.80. The van der Waals surface area contributed by atoms with Gasteiger partial charge in [-0.3, -0.25) is 5.43 Å². The van der Waals surface area contributed by atoms with Crippen LogP contribution in [0.4, 0.5) is 4.79 Å². The number of terminal acetylenes is 1. The number of ether oxygens (including phenoxy) is 1. The molecule has 1 N–H and O–H groups in total. The third kappa shape index (κ3) is 4.57. The molecule has 5 rings (SSSR count). The molecule has 2 aromatic rings. The second-order valence-corrected chi connectivity index (χ2v) is 12.5. The van der Waals surface area contributed by atoms with E-state index < -0.39 is 16.1 Å². The Labute approximate surface area is 220 Å². The van der Waals surface area contributed by atoms with Crippen molar-refractivity contribution in [2.45, 2.75) is 42.7 Å². The van der Waals surface area contributed by atoms with E-state index in [0.29, 0.717) is 30.8 Å². The molecule has 0 radical (unpaired) electrons. The number of hydrogen-bond acceptors (Lipinski definition) is 8. The highest BCUT2D eigenvalue weighted by Crippen LogP contribution is 2.33. The van der Waals surface area contributed by atoms with Crippen LogP contribution in [-0.2, 0) is 14.8 Å². The number of hydrazine groups is 1. The molecule has 3 aliphatic rings. The first-order valence-corrected chi connectivity index (χ1v) is 14.3. The van der Waals surface area contributed by atoms with E-state index in [1.807, 2.05) is 31.0 Å². The zero-order valence-corrected chi connectivity index (χ0v) is 22.3. The summed E-state index contributed by atoms with van der Waals surface area (Å²) in [5.74, 6) is 3.15. The van der Waals surface area contributed by atoms with E-state index in [2.05, 4.69) is 17.4 Å². The number of nitrogens with zero attached hydrogens (tertiary/aromatic N) is 5. The maximum Gasteiger partial charge on any atom is 0.339 e. The molecule has 1 saturated heterocycles. The Hall–Kier alpha value is -3.45. The van der Waals surface area contributed by atoms with Gasteiger partial charge in [0.1, 0.15) is 4.21 Å². The number of urea groups is 1. The lowest BCUT2D eigenvalue weighted by atomic mass is 10.1. The van der Waals surface area contributed by atoms with Crippen LogP contribution in [0.25, 0.3) is 10.1 Å². The highest BCUT2D eigenvalue weighted by Gasteiger charge is 2.40. The number of rotatable bonds is 4. The molecule has 2 amide bonds. The molecule has 0 spiro atoms. The minimum Gasteiger partial charge on any atom is -0.453 e. The Balaban J connectivity index is 1.34. The molecule has 2 unspecified atom stereocenters. The molecule has 37 heavy (non-hydrogen) atoms. The number of carbonyl (C=O) groups is 1. The van der Waals surface area contributed by atoms with E-state index >= 15 is 0 Å². The van der Waals surface area contributed by atoms with Gasteiger partial charge in [0.05, 0.1) is 11.8 Å². The van der Waals surface area contributed by atoms with E-state index in [1.165, 1.54) is 20.7 Å². The Bertz CT molecular complexity index is 1450. The standard InChI is InChI=1S/C25H28N6O4S2/c1-4-18-7-8-19-15-23(36-22(19)14-18)37(33,34)29-12-13-30(20(16-29)6-5-10-26)25(32)31-11-9-21-24(27-31)35-17(2)28(21)3/h1,7-8,14-15,17,20,27H,5-6,9,11-13,16H2,2-3H3. The molecular weight excluding hydrogens is 512 g/mol. The molecule has 1 aromatic heterocycles. The van der Waals surface area contributed by atoms with Gasteiger partial charge in [-0.05, 0) is 36.9 Å². The number of piperazine rings is 1. The monoisotopic (exact) mass is 540 g/mol. The number of sulfonamides is 1. The van der Waals surface area contributed by atoms with Crippen LogP contribution in [0.2, 0.25) is 0 Å². The summed E-state index contributed by atoms with van der Waals surface area (Å²) in [6.07, 6.45) is 6.62. The van der Waals surface area contributed by atoms with Crippen LogP contribution in [0, 0.1) is 23.7 Å². The molecule has 4 heterocycles. The number of thiophene rings is 1. The first-order valence-electron chi connectivity index (χ1n) is 12.1.